The van der Waals surface area contributed by atoms with E-state index in [1.54, 1.807) is 10.6 Å². The zero-order valence-corrected chi connectivity index (χ0v) is 17.7. The van der Waals surface area contributed by atoms with Gasteiger partial charge in [-0.2, -0.15) is 0 Å². The number of fused-ring (bicyclic) bond motifs is 1. The Morgan fingerprint density at radius 2 is 1.97 bits per heavy atom. The number of halogens is 1. The number of aromatic nitrogens is 3. The summed E-state index contributed by atoms with van der Waals surface area (Å²) < 4.78 is 1.63. The van der Waals surface area contributed by atoms with E-state index in [1.165, 1.54) is 6.20 Å². The number of nitrogen functional groups attached to an aromatic ring is 1. The second-order valence-electron chi connectivity index (χ2n) is 7.19. The first-order chi connectivity index (χ1) is 14.9. The maximum absolute atomic E-state index is 13.5. The molecule has 0 amide bonds. The Bertz CT molecular complexity index is 1390. The number of anilines is 2. The van der Waals surface area contributed by atoms with Gasteiger partial charge in [-0.1, -0.05) is 41.4 Å². The molecule has 0 spiro atoms. The number of benzene rings is 2. The average molecular weight is 431 g/mol. The molecule has 154 valence electrons. The predicted octanol–water partition coefficient (Wildman–Crippen LogP) is 5.05. The molecule has 3 N–H and O–H groups in total. The van der Waals surface area contributed by atoms with Crippen LogP contribution in [0.25, 0.3) is 21.3 Å². The van der Waals surface area contributed by atoms with Crippen molar-refractivity contribution >= 4 is 39.8 Å². The highest BCUT2D eigenvalue weighted by Gasteiger charge is 2.19. The van der Waals surface area contributed by atoms with Gasteiger partial charge in [-0.3, -0.25) is 9.36 Å². The number of hydrogen-bond donors (Lipinski definition) is 2. The van der Waals surface area contributed by atoms with Crippen LogP contribution in [0.4, 0.5) is 17.5 Å². The number of hydrogen-bond acceptors (Lipinski definition) is 5. The van der Waals surface area contributed by atoms with E-state index in [2.05, 4.69) is 20.1 Å². The van der Waals surface area contributed by atoms with Crippen LogP contribution in [0.15, 0.2) is 59.5 Å². The summed E-state index contributed by atoms with van der Waals surface area (Å²) in [6.07, 6.45) is 1.37. The Morgan fingerprint density at radius 1 is 1.23 bits per heavy atom. The van der Waals surface area contributed by atoms with E-state index in [-0.39, 0.29) is 23.2 Å². The molecule has 4 rings (SSSR count). The first-order valence-corrected chi connectivity index (χ1v) is 9.94. The second kappa shape index (κ2) is 8.09. The van der Waals surface area contributed by atoms with Crippen LogP contribution < -0.4 is 16.6 Å². The van der Waals surface area contributed by atoms with E-state index in [0.29, 0.717) is 27.6 Å². The molecule has 0 aliphatic heterocycles. The van der Waals surface area contributed by atoms with E-state index in [4.69, 9.17) is 23.9 Å². The van der Waals surface area contributed by atoms with Gasteiger partial charge in [0, 0.05) is 17.6 Å². The lowest BCUT2D eigenvalue weighted by molar-refractivity contribution is 0.773. The van der Waals surface area contributed by atoms with E-state index >= 15 is 0 Å². The minimum absolute atomic E-state index is 0.0586. The molecule has 0 aliphatic carbocycles. The van der Waals surface area contributed by atoms with E-state index in [9.17, 15) is 4.79 Å². The van der Waals surface area contributed by atoms with Crippen molar-refractivity contribution in [2.45, 2.75) is 19.9 Å². The molecule has 0 radical (unpaired) electrons. The van der Waals surface area contributed by atoms with Crippen LogP contribution in [-0.2, 0) is 0 Å². The first-order valence-electron chi connectivity index (χ1n) is 9.56. The Balaban J connectivity index is 1.93. The van der Waals surface area contributed by atoms with Crippen molar-refractivity contribution in [3.8, 4) is 5.69 Å². The topological polar surface area (TPSA) is 90.2 Å². The van der Waals surface area contributed by atoms with E-state index in [1.807, 2.05) is 56.3 Å². The molecular formula is C23H19ClN6O. The summed E-state index contributed by atoms with van der Waals surface area (Å²) in [5, 5.41) is 4.79. The molecule has 0 fully saturated rings. The zero-order valence-electron chi connectivity index (χ0n) is 16.9. The Hall–Kier alpha value is -3.89. The van der Waals surface area contributed by atoms with Crippen LogP contribution in [0.3, 0.4) is 0 Å². The molecule has 2 aromatic heterocycles. The second-order valence-corrected chi connectivity index (χ2v) is 7.60. The monoisotopic (exact) mass is 430 g/mol. The van der Waals surface area contributed by atoms with Crippen molar-refractivity contribution in [1.82, 2.24) is 14.5 Å². The number of rotatable bonds is 4. The summed E-state index contributed by atoms with van der Waals surface area (Å²) >= 11 is 6.37. The summed E-state index contributed by atoms with van der Waals surface area (Å²) in [4.78, 5) is 25.0. The maximum atomic E-state index is 13.5. The molecule has 0 aliphatic rings. The molecule has 0 bridgehead atoms. The molecule has 0 saturated heterocycles. The normalized spacial score (nSPS) is 11.8. The van der Waals surface area contributed by atoms with Gasteiger partial charge in [-0.05, 0) is 43.5 Å². The van der Waals surface area contributed by atoms with Gasteiger partial charge >= 0.3 is 0 Å². The Morgan fingerprint density at radius 3 is 2.68 bits per heavy atom. The summed E-state index contributed by atoms with van der Waals surface area (Å²) in [6, 6.07) is 14.6. The predicted molar refractivity (Wildman–Crippen MR) is 124 cm³/mol. The van der Waals surface area contributed by atoms with Crippen molar-refractivity contribution in [3.63, 3.8) is 0 Å². The molecular weight excluding hydrogens is 412 g/mol. The van der Waals surface area contributed by atoms with E-state index < -0.39 is 0 Å². The molecule has 1 atom stereocenters. The van der Waals surface area contributed by atoms with Crippen LogP contribution >= 0.6 is 11.6 Å². The fraction of sp³-hybridized carbons (Fsp3) is 0.130. The lowest BCUT2D eigenvalue weighted by Gasteiger charge is -2.22. The van der Waals surface area contributed by atoms with Crippen LogP contribution in [0.5, 0.6) is 0 Å². The molecule has 0 unspecified atom stereocenters. The summed E-state index contributed by atoms with van der Waals surface area (Å²) in [5.74, 6) is 0.368. The summed E-state index contributed by atoms with van der Waals surface area (Å²) in [6.45, 7) is 11.2. The van der Waals surface area contributed by atoms with Crippen LogP contribution in [0, 0.1) is 13.5 Å². The van der Waals surface area contributed by atoms with Crippen molar-refractivity contribution in [3.05, 3.63) is 92.8 Å². The fourth-order valence-electron chi connectivity index (χ4n) is 3.47. The SMILES string of the molecule is [C-]#[N+]c1cnc(N)nc1N[C@@H](C)c1cc2cccc(Cl)c2c(=O)n1-c1ccc(C)cc1. The van der Waals surface area contributed by atoms with Gasteiger partial charge in [-0.25, -0.2) is 14.8 Å². The van der Waals surface area contributed by atoms with Gasteiger partial charge in [0.25, 0.3) is 5.56 Å². The highest BCUT2D eigenvalue weighted by atomic mass is 35.5. The fourth-order valence-corrected chi connectivity index (χ4v) is 3.74. The third-order valence-corrected chi connectivity index (χ3v) is 5.34. The molecule has 7 nitrogen and oxygen atoms in total. The van der Waals surface area contributed by atoms with Crippen LogP contribution in [-0.4, -0.2) is 14.5 Å². The van der Waals surface area contributed by atoms with Crippen molar-refractivity contribution in [2.75, 3.05) is 11.1 Å². The minimum atomic E-state index is -0.382. The minimum Gasteiger partial charge on any atom is -0.371 e. The first kappa shape index (κ1) is 20.4. The van der Waals surface area contributed by atoms with Gasteiger partial charge in [0.2, 0.25) is 11.6 Å². The van der Waals surface area contributed by atoms with Crippen molar-refractivity contribution in [1.29, 1.82) is 0 Å². The molecule has 0 saturated carbocycles. The quantitative estimate of drug-likeness (QED) is 0.442. The molecule has 2 heterocycles. The number of nitrogens with one attached hydrogen (secondary N) is 1. The standard InChI is InChI=1S/C23H19ClN6O/c1-13-7-9-16(10-8-13)30-19(11-15-5-4-6-17(24)20(15)22(30)31)14(2)28-21-18(26-3)12-27-23(25)29-21/h4-12,14H,1-2H3,(H3,25,27,28,29)/t14-/m0/s1. The highest BCUT2D eigenvalue weighted by molar-refractivity contribution is 6.35. The average Bonchev–Trinajstić information content (AvgIpc) is 2.74. The van der Waals surface area contributed by atoms with Gasteiger partial charge in [0.15, 0.2) is 0 Å². The van der Waals surface area contributed by atoms with Gasteiger partial charge < -0.3 is 11.1 Å². The summed E-state index contributed by atoms with van der Waals surface area (Å²) in [5.41, 5.74) is 8.23. The van der Waals surface area contributed by atoms with Gasteiger partial charge in [-0.15, -0.1) is 0 Å². The molecule has 2 aromatic carbocycles. The summed E-state index contributed by atoms with van der Waals surface area (Å²) in [7, 11) is 0. The molecule has 4 aromatic rings. The van der Waals surface area contributed by atoms with Crippen LogP contribution in [0.1, 0.15) is 24.2 Å². The largest absolute Gasteiger partial charge is 0.371 e. The highest BCUT2D eigenvalue weighted by Crippen LogP contribution is 2.30. The van der Waals surface area contributed by atoms with Gasteiger partial charge in [0.05, 0.1) is 23.0 Å². The lowest BCUT2D eigenvalue weighted by Crippen LogP contribution is -2.26. The maximum Gasteiger partial charge on any atom is 0.264 e. The zero-order chi connectivity index (χ0) is 22.1. The van der Waals surface area contributed by atoms with E-state index in [0.717, 1.165) is 10.9 Å². The van der Waals surface area contributed by atoms with Crippen molar-refractivity contribution < 1.29 is 0 Å². The number of nitrogens with zero attached hydrogens (tertiary/aromatic N) is 4. The van der Waals surface area contributed by atoms with Crippen LogP contribution in [0.2, 0.25) is 5.02 Å². The Labute approximate surface area is 184 Å². The lowest BCUT2D eigenvalue weighted by atomic mass is 10.1. The van der Waals surface area contributed by atoms with Gasteiger partial charge in [0.1, 0.15) is 5.82 Å². The smallest absolute Gasteiger partial charge is 0.264 e. The van der Waals surface area contributed by atoms with Crippen molar-refractivity contribution in [2.24, 2.45) is 0 Å². The number of aryl methyl sites for hydroxylation is 1. The Kier molecular flexibility index (Phi) is 5.32. The number of nitrogens with two attached hydrogens (primary N) is 1. The third kappa shape index (κ3) is 3.81. The number of pyridine rings is 1. The molecule has 31 heavy (non-hydrogen) atoms. The molecule has 8 heteroatoms. The third-order valence-electron chi connectivity index (χ3n) is 5.02.